The van der Waals surface area contributed by atoms with Crippen LogP contribution in [0.4, 0.5) is 10.1 Å². The van der Waals surface area contributed by atoms with Crippen molar-refractivity contribution in [3.63, 3.8) is 0 Å². The summed E-state index contributed by atoms with van der Waals surface area (Å²) in [6.07, 6.45) is 0.202. The molecule has 25 heavy (non-hydrogen) atoms. The number of halogens is 2. The van der Waals surface area contributed by atoms with Gasteiger partial charge in [0.25, 0.3) is 0 Å². The van der Waals surface area contributed by atoms with Gasteiger partial charge in [0.15, 0.2) is 5.78 Å². The molecule has 0 aliphatic rings. The topological polar surface area (TPSA) is 46.2 Å². The van der Waals surface area contributed by atoms with Crippen LogP contribution >= 0.6 is 22.9 Å². The van der Waals surface area contributed by atoms with Crippen molar-refractivity contribution in [1.82, 2.24) is 0 Å². The quantitative estimate of drug-likeness (QED) is 0.643. The third kappa shape index (κ3) is 4.13. The number of nitrogens with one attached hydrogen (secondary N) is 1. The summed E-state index contributed by atoms with van der Waals surface area (Å²) in [6.45, 7) is 0. The fraction of sp³-hybridized carbons (Fsp3) is 0.0526. The molecule has 0 unspecified atom stereocenters. The Morgan fingerprint density at radius 1 is 1.04 bits per heavy atom. The fourth-order valence-corrected chi connectivity index (χ4v) is 3.25. The molecule has 0 saturated carbocycles. The minimum absolute atomic E-state index is 0.0708. The van der Waals surface area contributed by atoms with Gasteiger partial charge in [-0.3, -0.25) is 9.59 Å². The summed E-state index contributed by atoms with van der Waals surface area (Å²) in [7, 11) is 0. The summed E-state index contributed by atoms with van der Waals surface area (Å²) in [5.74, 6) is -1.41. The van der Waals surface area contributed by atoms with E-state index >= 15 is 0 Å². The predicted octanol–water partition coefficient (Wildman–Crippen LogP) is 4.95. The average Bonchev–Trinajstić information content (AvgIpc) is 3.09. The van der Waals surface area contributed by atoms with Crippen molar-refractivity contribution in [2.75, 3.05) is 5.32 Å². The average molecular weight is 374 g/mol. The Morgan fingerprint density at radius 3 is 2.56 bits per heavy atom. The summed E-state index contributed by atoms with van der Waals surface area (Å²) >= 11 is 7.46. The van der Waals surface area contributed by atoms with E-state index in [9.17, 15) is 14.0 Å². The number of ketones is 1. The lowest BCUT2D eigenvalue weighted by Crippen LogP contribution is -2.17. The van der Waals surface area contributed by atoms with E-state index in [1.165, 1.54) is 35.6 Å². The SMILES string of the molecule is O=C(Cc1cccs1)Nc1ccc(Cl)cc1C(=O)c1ccccc1F. The van der Waals surface area contributed by atoms with Crippen LogP contribution in [-0.4, -0.2) is 11.7 Å². The van der Waals surface area contributed by atoms with Gasteiger partial charge in [0.2, 0.25) is 5.91 Å². The first kappa shape index (κ1) is 17.3. The van der Waals surface area contributed by atoms with Gasteiger partial charge >= 0.3 is 0 Å². The Morgan fingerprint density at radius 2 is 1.84 bits per heavy atom. The lowest BCUT2D eigenvalue weighted by Gasteiger charge is -2.11. The lowest BCUT2D eigenvalue weighted by atomic mass is 10.0. The summed E-state index contributed by atoms with van der Waals surface area (Å²) in [6, 6.07) is 14.0. The van der Waals surface area contributed by atoms with Crippen molar-refractivity contribution in [1.29, 1.82) is 0 Å². The van der Waals surface area contributed by atoms with Crippen LogP contribution in [0.25, 0.3) is 0 Å². The van der Waals surface area contributed by atoms with E-state index < -0.39 is 11.6 Å². The van der Waals surface area contributed by atoms with E-state index in [1.54, 1.807) is 18.2 Å². The van der Waals surface area contributed by atoms with Crippen LogP contribution in [0.1, 0.15) is 20.8 Å². The van der Waals surface area contributed by atoms with E-state index in [1.807, 2.05) is 17.5 Å². The van der Waals surface area contributed by atoms with Crippen LogP contribution in [-0.2, 0) is 11.2 Å². The molecule has 1 heterocycles. The monoisotopic (exact) mass is 373 g/mol. The zero-order chi connectivity index (χ0) is 17.8. The summed E-state index contributed by atoms with van der Waals surface area (Å²) in [4.78, 5) is 25.8. The molecule has 1 N–H and O–H groups in total. The Hall–Kier alpha value is -2.50. The highest BCUT2D eigenvalue weighted by molar-refractivity contribution is 7.10. The molecule has 3 rings (SSSR count). The molecule has 0 spiro atoms. The second kappa shape index (κ2) is 7.59. The highest BCUT2D eigenvalue weighted by Crippen LogP contribution is 2.25. The third-order valence-electron chi connectivity index (χ3n) is 3.53. The number of carbonyl (C=O) groups excluding carboxylic acids is 2. The molecule has 3 aromatic rings. The van der Waals surface area contributed by atoms with Crippen molar-refractivity contribution >= 4 is 40.3 Å². The van der Waals surface area contributed by atoms with E-state index in [2.05, 4.69) is 5.32 Å². The van der Waals surface area contributed by atoms with Crippen LogP contribution in [0.3, 0.4) is 0 Å². The molecular formula is C19H13ClFNO2S. The van der Waals surface area contributed by atoms with E-state index in [4.69, 9.17) is 11.6 Å². The molecule has 0 aliphatic carbocycles. The maximum atomic E-state index is 13.9. The van der Waals surface area contributed by atoms with Gasteiger partial charge in [0.1, 0.15) is 5.82 Å². The molecule has 1 aromatic heterocycles. The highest BCUT2D eigenvalue weighted by atomic mass is 35.5. The van der Waals surface area contributed by atoms with Gasteiger partial charge in [-0.05, 0) is 41.8 Å². The molecule has 0 fully saturated rings. The predicted molar refractivity (Wildman–Crippen MR) is 97.9 cm³/mol. The van der Waals surface area contributed by atoms with E-state index in [-0.39, 0.29) is 23.5 Å². The zero-order valence-corrected chi connectivity index (χ0v) is 14.5. The van der Waals surface area contributed by atoms with Crippen LogP contribution in [0, 0.1) is 5.82 Å². The number of carbonyl (C=O) groups is 2. The van der Waals surface area contributed by atoms with E-state index in [0.717, 1.165) is 4.88 Å². The Kier molecular flexibility index (Phi) is 5.26. The van der Waals surface area contributed by atoms with Gasteiger partial charge in [-0.2, -0.15) is 0 Å². The first-order valence-electron chi connectivity index (χ1n) is 7.45. The van der Waals surface area contributed by atoms with Gasteiger partial charge in [-0.15, -0.1) is 11.3 Å². The van der Waals surface area contributed by atoms with Crippen LogP contribution in [0.15, 0.2) is 60.0 Å². The lowest BCUT2D eigenvalue weighted by molar-refractivity contribution is -0.115. The molecule has 0 bridgehead atoms. The Balaban J connectivity index is 1.89. The van der Waals surface area contributed by atoms with Gasteiger partial charge < -0.3 is 5.32 Å². The normalized spacial score (nSPS) is 10.5. The van der Waals surface area contributed by atoms with Crippen LogP contribution < -0.4 is 5.32 Å². The molecule has 2 aromatic carbocycles. The summed E-state index contributed by atoms with van der Waals surface area (Å²) < 4.78 is 13.9. The van der Waals surface area contributed by atoms with Crippen LogP contribution in [0.5, 0.6) is 0 Å². The van der Waals surface area contributed by atoms with Crippen molar-refractivity contribution in [2.45, 2.75) is 6.42 Å². The van der Waals surface area contributed by atoms with Gasteiger partial charge in [0.05, 0.1) is 17.7 Å². The number of anilines is 1. The third-order valence-corrected chi connectivity index (χ3v) is 4.65. The number of hydrogen-bond donors (Lipinski definition) is 1. The Bertz CT molecular complexity index is 925. The molecule has 0 aliphatic heterocycles. The first-order chi connectivity index (χ1) is 12.0. The molecular weight excluding hydrogens is 361 g/mol. The fourth-order valence-electron chi connectivity index (χ4n) is 2.37. The summed E-state index contributed by atoms with van der Waals surface area (Å²) in [5, 5.41) is 4.93. The summed E-state index contributed by atoms with van der Waals surface area (Å²) in [5.41, 5.74) is 0.384. The molecule has 6 heteroatoms. The molecule has 3 nitrogen and oxygen atoms in total. The molecule has 0 saturated heterocycles. The number of amides is 1. The zero-order valence-electron chi connectivity index (χ0n) is 13.0. The number of rotatable bonds is 5. The standard InChI is InChI=1S/C19H13ClFNO2S/c20-12-7-8-17(22-18(23)11-13-4-3-9-25-13)15(10-12)19(24)14-5-1-2-6-16(14)21/h1-10H,11H2,(H,22,23). The first-order valence-corrected chi connectivity index (χ1v) is 8.71. The number of thiophene rings is 1. The van der Waals surface area contributed by atoms with Crippen LogP contribution in [0.2, 0.25) is 5.02 Å². The maximum Gasteiger partial charge on any atom is 0.229 e. The molecule has 1 amide bonds. The molecule has 0 radical (unpaired) electrons. The molecule has 126 valence electrons. The smallest absolute Gasteiger partial charge is 0.229 e. The minimum Gasteiger partial charge on any atom is -0.325 e. The highest BCUT2D eigenvalue weighted by Gasteiger charge is 2.19. The second-order valence-corrected chi connectivity index (χ2v) is 6.77. The second-order valence-electron chi connectivity index (χ2n) is 5.30. The Labute approximate surface area is 153 Å². The molecule has 0 atom stereocenters. The van der Waals surface area contributed by atoms with Crippen molar-refractivity contribution in [2.24, 2.45) is 0 Å². The van der Waals surface area contributed by atoms with Gasteiger partial charge in [-0.1, -0.05) is 29.8 Å². The number of benzene rings is 2. The van der Waals surface area contributed by atoms with Crippen molar-refractivity contribution in [3.05, 3.63) is 86.8 Å². The number of hydrogen-bond acceptors (Lipinski definition) is 3. The maximum absolute atomic E-state index is 13.9. The van der Waals surface area contributed by atoms with E-state index in [0.29, 0.717) is 10.7 Å². The van der Waals surface area contributed by atoms with Crippen molar-refractivity contribution in [3.8, 4) is 0 Å². The van der Waals surface area contributed by atoms with Gasteiger partial charge in [0, 0.05) is 15.5 Å². The van der Waals surface area contributed by atoms with Gasteiger partial charge in [-0.25, -0.2) is 4.39 Å². The van der Waals surface area contributed by atoms with Crippen molar-refractivity contribution < 1.29 is 14.0 Å². The largest absolute Gasteiger partial charge is 0.325 e. The minimum atomic E-state index is -0.622.